The molecule has 0 aromatic heterocycles. The maximum Gasteiger partial charge on any atom is 0.491 e. The molecular formula is C28H38BNO3. The second kappa shape index (κ2) is 10.0. The van der Waals surface area contributed by atoms with Crippen LogP contribution in [0.5, 0.6) is 5.75 Å². The van der Waals surface area contributed by atoms with Gasteiger partial charge < -0.3 is 14.0 Å². The average Bonchev–Trinajstić information content (AvgIpc) is 3.38. The summed E-state index contributed by atoms with van der Waals surface area (Å²) in [5.41, 5.74) is 3.94. The van der Waals surface area contributed by atoms with Crippen molar-refractivity contribution in [2.24, 2.45) is 0 Å². The Kier molecular flexibility index (Phi) is 7.32. The number of rotatable bonds is 8. The topological polar surface area (TPSA) is 30.9 Å². The summed E-state index contributed by atoms with van der Waals surface area (Å²) in [5, 5.41) is 0. The van der Waals surface area contributed by atoms with E-state index in [-0.39, 0.29) is 18.3 Å². The Balaban J connectivity index is 1.60. The van der Waals surface area contributed by atoms with Gasteiger partial charge in [0.1, 0.15) is 12.4 Å². The van der Waals surface area contributed by atoms with Crippen LogP contribution in [0.3, 0.4) is 0 Å². The molecule has 0 aliphatic carbocycles. The van der Waals surface area contributed by atoms with Crippen molar-refractivity contribution < 1.29 is 14.0 Å². The number of likely N-dealkylation sites (tertiary alicyclic amines) is 1. The molecule has 2 aromatic carbocycles. The molecule has 5 heteroatoms. The quantitative estimate of drug-likeness (QED) is 0.464. The molecule has 2 aliphatic rings. The van der Waals surface area contributed by atoms with Crippen molar-refractivity contribution in [2.45, 2.75) is 65.1 Å². The number of nitrogens with zero attached hydrogens (tertiary/aromatic N) is 1. The zero-order valence-electron chi connectivity index (χ0n) is 20.9. The molecule has 0 bridgehead atoms. The summed E-state index contributed by atoms with van der Waals surface area (Å²) in [5.74, 6) is 0.916. The molecule has 2 heterocycles. The number of ether oxygens (including phenoxy) is 1. The Morgan fingerprint density at radius 2 is 1.45 bits per heavy atom. The van der Waals surface area contributed by atoms with Gasteiger partial charge in [0, 0.05) is 6.54 Å². The molecule has 0 radical (unpaired) electrons. The van der Waals surface area contributed by atoms with Gasteiger partial charge in [0.05, 0.1) is 11.2 Å². The number of hydrogen-bond donors (Lipinski definition) is 0. The molecule has 0 spiro atoms. The number of benzene rings is 2. The van der Waals surface area contributed by atoms with Gasteiger partial charge in [-0.15, -0.1) is 0 Å². The fourth-order valence-electron chi connectivity index (χ4n) is 4.61. The summed E-state index contributed by atoms with van der Waals surface area (Å²) in [6.07, 6.45) is 3.47. The lowest BCUT2D eigenvalue weighted by Crippen LogP contribution is -2.41. The van der Waals surface area contributed by atoms with Crippen LogP contribution in [0.25, 0.3) is 5.57 Å². The van der Waals surface area contributed by atoms with E-state index in [1.165, 1.54) is 42.5 Å². The molecule has 0 amide bonds. The second-order valence-electron chi connectivity index (χ2n) is 10.1. The van der Waals surface area contributed by atoms with Crippen molar-refractivity contribution in [2.75, 3.05) is 26.2 Å². The van der Waals surface area contributed by atoms with Crippen LogP contribution in [0.4, 0.5) is 0 Å². The van der Waals surface area contributed by atoms with E-state index in [0.717, 1.165) is 30.9 Å². The molecule has 0 atom stereocenters. The van der Waals surface area contributed by atoms with E-state index in [1.54, 1.807) is 0 Å². The Bertz CT molecular complexity index is 931. The van der Waals surface area contributed by atoms with E-state index >= 15 is 0 Å². The molecule has 0 N–H and O–H groups in total. The minimum Gasteiger partial charge on any atom is -0.492 e. The van der Waals surface area contributed by atoms with Crippen molar-refractivity contribution in [3.8, 4) is 5.75 Å². The van der Waals surface area contributed by atoms with Gasteiger partial charge in [-0.2, -0.15) is 0 Å². The lowest BCUT2D eigenvalue weighted by atomic mass is 9.71. The summed E-state index contributed by atoms with van der Waals surface area (Å²) in [7, 11) is -0.369. The number of allylic oxidation sites excluding steroid dienone is 1. The summed E-state index contributed by atoms with van der Waals surface area (Å²) in [4.78, 5) is 2.47. The van der Waals surface area contributed by atoms with Gasteiger partial charge in [0.2, 0.25) is 0 Å². The zero-order chi connectivity index (χ0) is 23.5. The first-order valence-electron chi connectivity index (χ1n) is 12.4. The van der Waals surface area contributed by atoms with Crippen LogP contribution in [0.1, 0.15) is 65.0 Å². The third-order valence-electron chi connectivity index (χ3n) is 7.32. The van der Waals surface area contributed by atoms with Crippen molar-refractivity contribution in [1.82, 2.24) is 4.90 Å². The highest BCUT2D eigenvalue weighted by molar-refractivity contribution is 6.56. The van der Waals surface area contributed by atoms with Crippen molar-refractivity contribution >= 4 is 12.7 Å². The summed E-state index contributed by atoms with van der Waals surface area (Å²) < 4.78 is 19.0. The van der Waals surface area contributed by atoms with E-state index in [0.29, 0.717) is 0 Å². The van der Waals surface area contributed by atoms with E-state index in [4.69, 9.17) is 14.0 Å². The zero-order valence-corrected chi connectivity index (χ0v) is 20.9. The number of hydrogen-bond acceptors (Lipinski definition) is 4. The molecule has 0 saturated carbocycles. The molecule has 2 aromatic rings. The monoisotopic (exact) mass is 447 g/mol. The predicted octanol–water partition coefficient (Wildman–Crippen LogP) is 6.00. The second-order valence-corrected chi connectivity index (χ2v) is 10.1. The maximum atomic E-state index is 6.46. The fraction of sp³-hybridized carbons (Fsp3) is 0.500. The van der Waals surface area contributed by atoms with Crippen molar-refractivity contribution in [3.05, 3.63) is 71.2 Å². The van der Waals surface area contributed by atoms with Crippen LogP contribution >= 0.6 is 0 Å². The largest absolute Gasteiger partial charge is 0.492 e. The van der Waals surface area contributed by atoms with Crippen LogP contribution in [0, 0.1) is 0 Å². The molecule has 4 nitrogen and oxygen atoms in total. The molecule has 2 aliphatic heterocycles. The van der Waals surface area contributed by atoms with Crippen LogP contribution in [0.2, 0.25) is 0 Å². The van der Waals surface area contributed by atoms with Crippen LogP contribution in [-0.2, 0) is 9.31 Å². The fourth-order valence-corrected chi connectivity index (χ4v) is 4.61. The summed E-state index contributed by atoms with van der Waals surface area (Å²) in [6, 6.07) is 19.0. The summed E-state index contributed by atoms with van der Waals surface area (Å²) >= 11 is 0. The van der Waals surface area contributed by atoms with Crippen molar-refractivity contribution in [3.63, 3.8) is 0 Å². The first-order valence-corrected chi connectivity index (χ1v) is 12.4. The third-order valence-corrected chi connectivity index (χ3v) is 7.32. The standard InChI is InChI=1S/C28H38BNO3/c1-6-25(29-32-27(2,3)28(4,5)33-29)26(22-12-8-7-9-13-22)23-14-16-24(17-15-23)31-21-20-30-18-10-11-19-30/h7-9,12-17H,6,10-11,18-21H2,1-5H3/b26-25-. The van der Waals surface area contributed by atoms with E-state index in [2.05, 4.69) is 94.1 Å². The molecule has 4 rings (SSSR count). The van der Waals surface area contributed by atoms with Crippen LogP contribution < -0.4 is 4.74 Å². The smallest absolute Gasteiger partial charge is 0.491 e. The minimum atomic E-state index is -0.369. The SMILES string of the molecule is CC/C(B1OC(C)(C)C(C)(C)O1)=C(\c1ccccc1)c1ccc(OCCN2CCCC2)cc1. The van der Waals surface area contributed by atoms with Gasteiger partial charge in [-0.3, -0.25) is 4.90 Å². The predicted molar refractivity (Wildman–Crippen MR) is 136 cm³/mol. The molecule has 0 unspecified atom stereocenters. The van der Waals surface area contributed by atoms with Gasteiger partial charge in [0.15, 0.2) is 0 Å². The van der Waals surface area contributed by atoms with Crippen LogP contribution in [-0.4, -0.2) is 49.5 Å². The van der Waals surface area contributed by atoms with E-state index < -0.39 is 0 Å². The van der Waals surface area contributed by atoms with E-state index in [9.17, 15) is 0 Å². The first-order chi connectivity index (χ1) is 15.8. The Morgan fingerprint density at radius 1 is 0.879 bits per heavy atom. The van der Waals surface area contributed by atoms with Gasteiger partial charge >= 0.3 is 7.12 Å². The molecular weight excluding hydrogens is 409 g/mol. The highest BCUT2D eigenvalue weighted by Gasteiger charge is 2.52. The molecule has 33 heavy (non-hydrogen) atoms. The maximum absolute atomic E-state index is 6.46. The Morgan fingerprint density at radius 3 is 2.03 bits per heavy atom. The molecule has 176 valence electrons. The lowest BCUT2D eigenvalue weighted by Gasteiger charge is -2.32. The van der Waals surface area contributed by atoms with Crippen LogP contribution in [0.15, 0.2) is 60.1 Å². The average molecular weight is 447 g/mol. The third kappa shape index (κ3) is 5.37. The highest BCUT2D eigenvalue weighted by atomic mass is 16.7. The van der Waals surface area contributed by atoms with Gasteiger partial charge in [-0.1, -0.05) is 49.4 Å². The Labute approximate surface area is 200 Å². The molecule has 2 saturated heterocycles. The summed E-state index contributed by atoms with van der Waals surface area (Å²) in [6.45, 7) is 14.7. The first kappa shape index (κ1) is 24.1. The van der Waals surface area contributed by atoms with Gasteiger partial charge in [0.25, 0.3) is 0 Å². The van der Waals surface area contributed by atoms with Gasteiger partial charge in [-0.05, 0) is 94.4 Å². The Hall–Kier alpha value is -2.08. The normalized spacial score (nSPS) is 20.7. The van der Waals surface area contributed by atoms with E-state index in [1.807, 2.05) is 0 Å². The van der Waals surface area contributed by atoms with Gasteiger partial charge in [-0.25, -0.2) is 0 Å². The minimum absolute atomic E-state index is 0.368. The lowest BCUT2D eigenvalue weighted by molar-refractivity contribution is 0.00578. The molecule has 2 fully saturated rings. The highest BCUT2D eigenvalue weighted by Crippen LogP contribution is 2.41. The van der Waals surface area contributed by atoms with Crippen molar-refractivity contribution in [1.29, 1.82) is 0 Å².